The number of anilines is 1. The minimum atomic E-state index is -1.25. The molecule has 2 rings (SSSR count). The molecular formula is C15H20FNO3. The van der Waals surface area contributed by atoms with Gasteiger partial charge in [-0.05, 0) is 39.8 Å². The Hall–Kier alpha value is -1.62. The Morgan fingerprint density at radius 1 is 1.25 bits per heavy atom. The van der Waals surface area contributed by atoms with Crippen molar-refractivity contribution in [3.05, 3.63) is 29.6 Å². The third-order valence-electron chi connectivity index (χ3n) is 3.24. The van der Waals surface area contributed by atoms with E-state index < -0.39 is 23.0 Å². The summed E-state index contributed by atoms with van der Waals surface area (Å²) in [5, 5.41) is 9.24. The standard InChI is InChI=1S/C15H20FNO3/c1-14(2)8-17(9-15(3,4)20-14)11-7-5-6-10(16)12(11)13(18)19/h5-7H,8-9H2,1-4H3,(H,18,19). The summed E-state index contributed by atoms with van der Waals surface area (Å²) in [6, 6.07) is 4.35. The summed E-state index contributed by atoms with van der Waals surface area (Å²) in [6.07, 6.45) is 0. The number of nitrogens with zero attached hydrogens (tertiary/aromatic N) is 1. The van der Waals surface area contributed by atoms with Gasteiger partial charge in [0, 0.05) is 13.1 Å². The van der Waals surface area contributed by atoms with Gasteiger partial charge >= 0.3 is 5.97 Å². The maximum atomic E-state index is 13.8. The maximum Gasteiger partial charge on any atom is 0.340 e. The molecule has 0 unspecified atom stereocenters. The van der Waals surface area contributed by atoms with Gasteiger partial charge in [0.2, 0.25) is 0 Å². The quantitative estimate of drug-likeness (QED) is 0.905. The minimum Gasteiger partial charge on any atom is -0.478 e. The second kappa shape index (κ2) is 4.74. The van der Waals surface area contributed by atoms with Crippen molar-refractivity contribution in [2.75, 3.05) is 18.0 Å². The van der Waals surface area contributed by atoms with Crippen molar-refractivity contribution in [1.29, 1.82) is 0 Å². The Balaban J connectivity index is 2.46. The molecule has 1 aromatic carbocycles. The Morgan fingerprint density at radius 3 is 2.30 bits per heavy atom. The third kappa shape index (κ3) is 2.93. The number of hydrogen-bond donors (Lipinski definition) is 1. The summed E-state index contributed by atoms with van der Waals surface area (Å²) in [4.78, 5) is 13.2. The number of rotatable bonds is 2. The molecule has 1 aliphatic rings. The maximum absolute atomic E-state index is 13.8. The molecule has 0 saturated carbocycles. The average Bonchev–Trinajstić information content (AvgIpc) is 2.23. The second-order valence-corrected chi connectivity index (χ2v) is 6.42. The van der Waals surface area contributed by atoms with Gasteiger partial charge in [-0.3, -0.25) is 0 Å². The van der Waals surface area contributed by atoms with E-state index in [2.05, 4.69) is 0 Å². The number of carboxylic acids is 1. The van der Waals surface area contributed by atoms with Gasteiger partial charge < -0.3 is 14.7 Å². The molecule has 0 amide bonds. The van der Waals surface area contributed by atoms with Crippen LogP contribution in [-0.2, 0) is 4.74 Å². The third-order valence-corrected chi connectivity index (χ3v) is 3.24. The summed E-state index contributed by atoms with van der Waals surface area (Å²) >= 11 is 0. The predicted molar refractivity (Wildman–Crippen MR) is 74.8 cm³/mol. The average molecular weight is 281 g/mol. The lowest BCUT2D eigenvalue weighted by Crippen LogP contribution is -2.57. The number of carboxylic acid groups (broad SMARTS) is 1. The van der Waals surface area contributed by atoms with Crippen LogP contribution in [0.4, 0.5) is 10.1 Å². The number of halogens is 1. The topological polar surface area (TPSA) is 49.8 Å². The van der Waals surface area contributed by atoms with E-state index in [-0.39, 0.29) is 5.56 Å². The molecule has 0 atom stereocenters. The van der Waals surface area contributed by atoms with E-state index in [1.165, 1.54) is 12.1 Å². The zero-order chi connectivity index (χ0) is 15.1. The fourth-order valence-electron chi connectivity index (χ4n) is 2.95. The van der Waals surface area contributed by atoms with Gasteiger partial charge in [-0.1, -0.05) is 6.07 Å². The van der Waals surface area contributed by atoms with Crippen LogP contribution in [0.3, 0.4) is 0 Å². The number of ether oxygens (including phenoxy) is 1. The van der Waals surface area contributed by atoms with Gasteiger partial charge in [0.25, 0.3) is 0 Å². The van der Waals surface area contributed by atoms with Crippen molar-refractivity contribution in [2.45, 2.75) is 38.9 Å². The van der Waals surface area contributed by atoms with Crippen LogP contribution in [-0.4, -0.2) is 35.4 Å². The smallest absolute Gasteiger partial charge is 0.340 e. The zero-order valence-corrected chi connectivity index (χ0v) is 12.2. The van der Waals surface area contributed by atoms with Crippen molar-refractivity contribution in [3.8, 4) is 0 Å². The van der Waals surface area contributed by atoms with Crippen LogP contribution in [0.5, 0.6) is 0 Å². The van der Waals surface area contributed by atoms with E-state index in [0.717, 1.165) is 0 Å². The SMILES string of the molecule is CC1(C)CN(c2cccc(F)c2C(=O)O)CC(C)(C)O1. The highest BCUT2D eigenvalue weighted by Gasteiger charge is 2.39. The lowest BCUT2D eigenvalue weighted by molar-refractivity contribution is -0.133. The summed E-state index contributed by atoms with van der Waals surface area (Å²) in [7, 11) is 0. The highest BCUT2D eigenvalue weighted by Crippen LogP contribution is 2.33. The molecule has 1 heterocycles. The molecule has 0 aromatic heterocycles. The Kier molecular flexibility index (Phi) is 3.50. The van der Waals surface area contributed by atoms with Crippen LogP contribution >= 0.6 is 0 Å². The molecule has 20 heavy (non-hydrogen) atoms. The minimum absolute atomic E-state index is 0.277. The molecule has 1 aromatic rings. The second-order valence-electron chi connectivity index (χ2n) is 6.42. The van der Waals surface area contributed by atoms with E-state index >= 15 is 0 Å². The zero-order valence-electron chi connectivity index (χ0n) is 12.2. The number of morpholine rings is 1. The molecule has 1 fully saturated rings. The molecule has 1 aliphatic heterocycles. The van der Waals surface area contributed by atoms with Crippen LogP contribution in [0.1, 0.15) is 38.1 Å². The molecule has 0 radical (unpaired) electrons. The lowest BCUT2D eigenvalue weighted by Gasteiger charge is -2.48. The van der Waals surface area contributed by atoms with Crippen LogP contribution < -0.4 is 4.90 Å². The first-order valence-corrected chi connectivity index (χ1v) is 6.58. The highest BCUT2D eigenvalue weighted by atomic mass is 19.1. The van der Waals surface area contributed by atoms with E-state index in [0.29, 0.717) is 18.8 Å². The summed E-state index contributed by atoms with van der Waals surface area (Å²) in [5.74, 6) is -1.96. The van der Waals surface area contributed by atoms with E-state index in [9.17, 15) is 14.3 Å². The first-order chi connectivity index (χ1) is 9.11. The fraction of sp³-hybridized carbons (Fsp3) is 0.533. The molecule has 1 N–H and O–H groups in total. The monoisotopic (exact) mass is 281 g/mol. The van der Waals surface area contributed by atoms with E-state index in [1.54, 1.807) is 6.07 Å². The van der Waals surface area contributed by atoms with Crippen LogP contribution in [0, 0.1) is 5.82 Å². The molecule has 0 aliphatic carbocycles. The number of hydrogen-bond acceptors (Lipinski definition) is 3. The largest absolute Gasteiger partial charge is 0.478 e. The summed E-state index contributed by atoms with van der Waals surface area (Å²) < 4.78 is 19.8. The Morgan fingerprint density at radius 2 is 1.80 bits per heavy atom. The van der Waals surface area contributed by atoms with Crippen molar-refractivity contribution < 1.29 is 19.0 Å². The number of aromatic carboxylic acids is 1. The Labute approximate surface area is 118 Å². The van der Waals surface area contributed by atoms with E-state index in [1.807, 2.05) is 32.6 Å². The van der Waals surface area contributed by atoms with Gasteiger partial charge in [-0.15, -0.1) is 0 Å². The molecule has 5 heteroatoms. The normalized spacial score (nSPS) is 20.8. The fourth-order valence-corrected chi connectivity index (χ4v) is 2.95. The van der Waals surface area contributed by atoms with Gasteiger partial charge in [0.1, 0.15) is 11.4 Å². The molecule has 1 saturated heterocycles. The first-order valence-electron chi connectivity index (χ1n) is 6.58. The lowest BCUT2D eigenvalue weighted by atomic mass is 9.97. The molecule has 0 spiro atoms. The van der Waals surface area contributed by atoms with Gasteiger partial charge in [-0.25, -0.2) is 9.18 Å². The molecular weight excluding hydrogens is 261 g/mol. The predicted octanol–water partition coefficient (Wildman–Crippen LogP) is 2.92. The van der Waals surface area contributed by atoms with E-state index in [4.69, 9.17) is 4.74 Å². The van der Waals surface area contributed by atoms with Gasteiger partial charge in [0.05, 0.1) is 16.9 Å². The van der Waals surface area contributed by atoms with Crippen molar-refractivity contribution in [3.63, 3.8) is 0 Å². The molecule has 110 valence electrons. The molecule has 4 nitrogen and oxygen atoms in total. The van der Waals surface area contributed by atoms with Crippen LogP contribution in [0.25, 0.3) is 0 Å². The van der Waals surface area contributed by atoms with Gasteiger partial charge in [-0.2, -0.15) is 0 Å². The first kappa shape index (κ1) is 14.8. The highest BCUT2D eigenvalue weighted by molar-refractivity contribution is 5.94. The van der Waals surface area contributed by atoms with Crippen molar-refractivity contribution >= 4 is 11.7 Å². The number of carbonyl (C=O) groups is 1. The summed E-state index contributed by atoms with van der Waals surface area (Å²) in [6.45, 7) is 8.81. The van der Waals surface area contributed by atoms with Gasteiger partial charge in [0.15, 0.2) is 0 Å². The van der Waals surface area contributed by atoms with Crippen LogP contribution in [0.15, 0.2) is 18.2 Å². The Bertz CT molecular complexity index is 524. The summed E-state index contributed by atoms with van der Waals surface area (Å²) in [5.41, 5.74) is -0.726. The van der Waals surface area contributed by atoms with Crippen molar-refractivity contribution in [1.82, 2.24) is 0 Å². The number of benzene rings is 1. The van der Waals surface area contributed by atoms with Crippen LogP contribution in [0.2, 0.25) is 0 Å². The van der Waals surface area contributed by atoms with Crippen molar-refractivity contribution in [2.24, 2.45) is 0 Å². The molecule has 0 bridgehead atoms.